The smallest absolute Gasteiger partial charge is 0.0991 e. The fourth-order valence-corrected chi connectivity index (χ4v) is 2.57. The molecular weight excluding hydrogens is 250 g/mol. The van der Waals surface area contributed by atoms with Gasteiger partial charge in [-0.15, -0.1) is 0 Å². The number of aromatic nitrogens is 2. The fraction of sp³-hybridized carbons (Fsp3) is 0.438. The Labute approximate surface area is 119 Å². The van der Waals surface area contributed by atoms with E-state index in [0.29, 0.717) is 6.54 Å². The van der Waals surface area contributed by atoms with Crippen molar-refractivity contribution in [3.8, 4) is 5.69 Å². The zero-order valence-corrected chi connectivity index (χ0v) is 11.8. The highest BCUT2D eigenvalue weighted by Gasteiger charge is 2.34. The van der Waals surface area contributed by atoms with Gasteiger partial charge in [0.15, 0.2) is 0 Å². The maximum atomic E-state index is 10.1. The van der Waals surface area contributed by atoms with E-state index < -0.39 is 5.60 Å². The molecule has 4 nitrogen and oxygen atoms in total. The Morgan fingerprint density at radius 3 is 2.65 bits per heavy atom. The van der Waals surface area contributed by atoms with Gasteiger partial charge >= 0.3 is 0 Å². The predicted molar refractivity (Wildman–Crippen MR) is 78.8 cm³/mol. The highest BCUT2D eigenvalue weighted by atomic mass is 16.3. The largest absolute Gasteiger partial charge is 0.389 e. The summed E-state index contributed by atoms with van der Waals surface area (Å²) in [6.07, 6.45) is 8.49. The minimum absolute atomic E-state index is 0.247. The zero-order valence-electron chi connectivity index (χ0n) is 11.8. The van der Waals surface area contributed by atoms with Crippen molar-refractivity contribution in [2.75, 3.05) is 6.54 Å². The second-order valence-corrected chi connectivity index (χ2v) is 5.74. The van der Waals surface area contributed by atoms with Crippen molar-refractivity contribution in [3.63, 3.8) is 0 Å². The normalized spacial score (nSPS) is 18.5. The van der Waals surface area contributed by atoms with E-state index in [4.69, 9.17) is 0 Å². The molecule has 0 radical (unpaired) electrons. The van der Waals surface area contributed by atoms with Crippen LogP contribution in [-0.2, 0) is 0 Å². The molecule has 0 spiro atoms. The molecule has 1 aliphatic carbocycles. The van der Waals surface area contributed by atoms with Crippen molar-refractivity contribution in [3.05, 3.63) is 48.5 Å². The van der Waals surface area contributed by atoms with Crippen LogP contribution in [0.5, 0.6) is 0 Å². The van der Waals surface area contributed by atoms with E-state index in [1.807, 2.05) is 10.8 Å². The first-order chi connectivity index (χ1) is 9.66. The van der Waals surface area contributed by atoms with Gasteiger partial charge in [-0.25, -0.2) is 4.98 Å². The SMILES string of the molecule is CC(NCC1(O)CCC1)c1ccc(-n2ccnc2)cc1. The molecule has 1 aliphatic rings. The molecular formula is C16H21N3O. The number of hydrogen-bond donors (Lipinski definition) is 2. The van der Waals surface area contributed by atoms with Crippen molar-refractivity contribution in [2.24, 2.45) is 0 Å². The summed E-state index contributed by atoms with van der Waals surface area (Å²) in [5.74, 6) is 0. The molecule has 2 N–H and O–H groups in total. The van der Waals surface area contributed by atoms with Gasteiger partial charge in [0, 0.05) is 30.7 Å². The number of aliphatic hydroxyl groups is 1. The maximum Gasteiger partial charge on any atom is 0.0991 e. The third kappa shape index (κ3) is 2.76. The Kier molecular flexibility index (Phi) is 3.59. The van der Waals surface area contributed by atoms with Gasteiger partial charge in [-0.3, -0.25) is 0 Å². The Morgan fingerprint density at radius 1 is 1.35 bits per heavy atom. The minimum atomic E-state index is -0.467. The molecule has 0 aliphatic heterocycles. The van der Waals surface area contributed by atoms with Crippen molar-refractivity contribution < 1.29 is 5.11 Å². The summed E-state index contributed by atoms with van der Waals surface area (Å²) in [5.41, 5.74) is 1.87. The molecule has 1 atom stereocenters. The molecule has 1 heterocycles. The monoisotopic (exact) mass is 271 g/mol. The summed E-state index contributed by atoms with van der Waals surface area (Å²) in [7, 11) is 0. The van der Waals surface area contributed by atoms with E-state index in [2.05, 4.69) is 41.5 Å². The predicted octanol–water partition coefficient (Wildman–Crippen LogP) is 2.44. The first-order valence-electron chi connectivity index (χ1n) is 7.20. The average molecular weight is 271 g/mol. The van der Waals surface area contributed by atoms with Gasteiger partial charge in [-0.1, -0.05) is 12.1 Å². The number of imidazole rings is 1. The summed E-state index contributed by atoms with van der Waals surface area (Å²) in [6, 6.07) is 8.67. The lowest BCUT2D eigenvalue weighted by molar-refractivity contribution is -0.0329. The Bertz CT molecular complexity index is 544. The summed E-state index contributed by atoms with van der Waals surface area (Å²) < 4.78 is 1.99. The van der Waals surface area contributed by atoms with Gasteiger partial charge in [-0.2, -0.15) is 0 Å². The molecule has 1 fully saturated rings. The standard InChI is InChI=1S/C16H21N3O/c1-13(18-11-16(20)7-2-8-16)14-3-5-15(6-4-14)19-10-9-17-12-19/h3-6,9-10,12-13,18,20H,2,7-8,11H2,1H3. The fourth-order valence-electron chi connectivity index (χ4n) is 2.57. The van der Waals surface area contributed by atoms with Gasteiger partial charge in [0.2, 0.25) is 0 Å². The van der Waals surface area contributed by atoms with Crippen LogP contribution in [-0.4, -0.2) is 26.8 Å². The van der Waals surface area contributed by atoms with E-state index in [0.717, 1.165) is 24.9 Å². The molecule has 20 heavy (non-hydrogen) atoms. The number of hydrogen-bond acceptors (Lipinski definition) is 3. The van der Waals surface area contributed by atoms with E-state index in [-0.39, 0.29) is 6.04 Å². The second kappa shape index (κ2) is 5.38. The van der Waals surface area contributed by atoms with E-state index >= 15 is 0 Å². The summed E-state index contributed by atoms with van der Waals surface area (Å²) in [4.78, 5) is 4.05. The number of rotatable bonds is 5. The molecule has 0 bridgehead atoms. The van der Waals surface area contributed by atoms with E-state index in [9.17, 15) is 5.11 Å². The van der Waals surface area contributed by atoms with Crippen LogP contribution in [0.2, 0.25) is 0 Å². The zero-order chi connectivity index (χ0) is 14.0. The first-order valence-corrected chi connectivity index (χ1v) is 7.20. The van der Waals surface area contributed by atoms with Crippen LogP contribution in [0.3, 0.4) is 0 Å². The third-order valence-corrected chi connectivity index (χ3v) is 4.22. The van der Waals surface area contributed by atoms with Crippen LogP contribution in [0.25, 0.3) is 5.69 Å². The third-order valence-electron chi connectivity index (χ3n) is 4.22. The van der Waals surface area contributed by atoms with Gasteiger partial charge in [0.05, 0.1) is 11.9 Å². The number of nitrogens with one attached hydrogen (secondary N) is 1. The van der Waals surface area contributed by atoms with Gasteiger partial charge < -0.3 is 15.0 Å². The molecule has 0 amide bonds. The number of nitrogens with zero attached hydrogens (tertiary/aromatic N) is 2. The summed E-state index contributed by atoms with van der Waals surface area (Å²) in [5, 5.41) is 13.5. The molecule has 1 unspecified atom stereocenters. The van der Waals surface area contributed by atoms with E-state index in [1.54, 1.807) is 12.5 Å². The van der Waals surface area contributed by atoms with Crippen molar-refractivity contribution in [1.82, 2.24) is 14.9 Å². The Balaban J connectivity index is 1.62. The lowest BCUT2D eigenvalue weighted by atomic mass is 9.80. The van der Waals surface area contributed by atoms with E-state index in [1.165, 1.54) is 5.56 Å². The van der Waals surface area contributed by atoms with Crippen LogP contribution in [0.1, 0.15) is 37.8 Å². The molecule has 1 saturated carbocycles. The molecule has 1 aromatic heterocycles. The lowest BCUT2D eigenvalue weighted by Gasteiger charge is -2.37. The summed E-state index contributed by atoms with van der Waals surface area (Å²) in [6.45, 7) is 2.81. The molecule has 0 saturated heterocycles. The van der Waals surface area contributed by atoms with Crippen LogP contribution < -0.4 is 5.32 Å². The number of benzene rings is 1. The molecule has 4 heteroatoms. The van der Waals surface area contributed by atoms with Gasteiger partial charge in [-0.05, 0) is 43.9 Å². The summed E-state index contributed by atoms with van der Waals surface area (Å²) >= 11 is 0. The minimum Gasteiger partial charge on any atom is -0.389 e. The highest BCUT2D eigenvalue weighted by Crippen LogP contribution is 2.31. The molecule has 106 valence electrons. The first kappa shape index (κ1) is 13.3. The van der Waals surface area contributed by atoms with Crippen molar-refractivity contribution in [1.29, 1.82) is 0 Å². The lowest BCUT2D eigenvalue weighted by Crippen LogP contribution is -2.46. The molecule has 3 rings (SSSR count). The van der Waals surface area contributed by atoms with Crippen LogP contribution >= 0.6 is 0 Å². The Morgan fingerprint density at radius 2 is 2.10 bits per heavy atom. The van der Waals surface area contributed by atoms with Crippen LogP contribution in [0.15, 0.2) is 43.0 Å². The quantitative estimate of drug-likeness (QED) is 0.878. The van der Waals surface area contributed by atoms with Crippen LogP contribution in [0, 0.1) is 0 Å². The Hall–Kier alpha value is -1.65. The average Bonchev–Trinajstić information content (AvgIpc) is 2.97. The van der Waals surface area contributed by atoms with Crippen molar-refractivity contribution >= 4 is 0 Å². The maximum absolute atomic E-state index is 10.1. The van der Waals surface area contributed by atoms with Gasteiger partial charge in [0.1, 0.15) is 0 Å². The second-order valence-electron chi connectivity index (χ2n) is 5.74. The topological polar surface area (TPSA) is 50.1 Å². The van der Waals surface area contributed by atoms with Crippen molar-refractivity contribution in [2.45, 2.75) is 37.8 Å². The van der Waals surface area contributed by atoms with Crippen LogP contribution in [0.4, 0.5) is 0 Å². The molecule has 2 aromatic rings. The molecule has 1 aromatic carbocycles. The van der Waals surface area contributed by atoms with Gasteiger partial charge in [0.25, 0.3) is 0 Å². The highest BCUT2D eigenvalue weighted by molar-refractivity contribution is 5.35.